The van der Waals surface area contributed by atoms with E-state index in [1.165, 1.54) is 13.8 Å². The minimum Gasteiger partial charge on any atom is -0.478 e. The zero-order valence-corrected chi connectivity index (χ0v) is 21.9. The Morgan fingerprint density at radius 3 is 2.59 bits per heavy atom. The Labute approximate surface area is 222 Å². The molecular weight excluding hydrogens is 508 g/mol. The smallest absolute Gasteiger partial charge is 0.423 e. The van der Waals surface area contributed by atoms with Gasteiger partial charge in [-0.1, -0.05) is 13.8 Å². The van der Waals surface area contributed by atoms with Gasteiger partial charge in [0, 0.05) is 16.5 Å². The van der Waals surface area contributed by atoms with Crippen LogP contribution in [0.1, 0.15) is 56.4 Å². The van der Waals surface area contributed by atoms with Crippen LogP contribution in [0.15, 0.2) is 29.1 Å². The fourth-order valence-electron chi connectivity index (χ4n) is 5.21. The number of ether oxygens (including phenoxy) is 2. The van der Waals surface area contributed by atoms with E-state index in [1.807, 2.05) is 12.3 Å². The van der Waals surface area contributed by atoms with Gasteiger partial charge in [-0.2, -0.15) is 0 Å². The molecule has 2 amide bonds. The van der Waals surface area contributed by atoms with Crippen LogP contribution in [0.2, 0.25) is 0 Å². The summed E-state index contributed by atoms with van der Waals surface area (Å²) in [6, 6.07) is 6.84. The Morgan fingerprint density at radius 1 is 1.18 bits per heavy atom. The predicted molar refractivity (Wildman–Crippen MR) is 138 cm³/mol. The number of hydrazine groups is 1. The van der Waals surface area contributed by atoms with E-state index in [2.05, 4.69) is 5.43 Å². The molecule has 1 atom stereocenters. The topological polar surface area (TPSA) is 169 Å². The van der Waals surface area contributed by atoms with Crippen molar-refractivity contribution in [1.29, 1.82) is 0 Å². The zero-order valence-electron chi connectivity index (χ0n) is 21.9. The molecule has 2 aliphatic rings. The van der Waals surface area contributed by atoms with Gasteiger partial charge in [0.15, 0.2) is 11.2 Å². The molecule has 12 nitrogen and oxygen atoms in total. The molecule has 2 aromatic heterocycles. The fraction of sp³-hybridized carbons (Fsp3) is 0.370. The van der Waals surface area contributed by atoms with Crippen LogP contribution in [0.5, 0.6) is 5.75 Å². The standard InChI is InChI=1S/C27H28N4O8/c1-5-14-15-9-13(39-26(3,4)23(33)29-30-25(35)36)7-8-19(15)28-21-16(14)11-31-20(21)10-18-17(22(31)32)12-38-24(34)27(18,37)6-2/h7-10,30,37H,5-6,11-12H2,1-4H3,(H,29,33)(H,35,36)/t27-/m0/s1. The van der Waals surface area contributed by atoms with Crippen molar-refractivity contribution in [1.82, 2.24) is 20.4 Å². The number of aryl methyl sites for hydroxylation is 1. The third kappa shape index (κ3) is 4.07. The number of carbonyl (C=O) groups excluding carboxylic acids is 2. The number of aromatic nitrogens is 2. The van der Waals surface area contributed by atoms with E-state index in [9.17, 15) is 24.3 Å². The number of nitrogens with one attached hydrogen (secondary N) is 2. The molecule has 39 heavy (non-hydrogen) atoms. The van der Waals surface area contributed by atoms with E-state index in [1.54, 1.807) is 35.8 Å². The summed E-state index contributed by atoms with van der Waals surface area (Å²) in [5.41, 5.74) is 4.32. The van der Waals surface area contributed by atoms with Gasteiger partial charge in [0.1, 0.15) is 12.4 Å². The molecule has 0 saturated heterocycles. The van der Waals surface area contributed by atoms with Crippen molar-refractivity contribution in [3.8, 4) is 17.1 Å². The van der Waals surface area contributed by atoms with Crippen LogP contribution in [0.25, 0.3) is 22.3 Å². The molecule has 0 aliphatic carbocycles. The molecule has 0 unspecified atom stereocenters. The third-order valence-electron chi connectivity index (χ3n) is 7.33. The normalized spacial score (nSPS) is 17.6. The molecule has 1 aromatic carbocycles. The van der Waals surface area contributed by atoms with E-state index in [0.29, 0.717) is 29.1 Å². The number of fused-ring (bicyclic) bond motifs is 5. The van der Waals surface area contributed by atoms with E-state index in [0.717, 1.165) is 16.5 Å². The van der Waals surface area contributed by atoms with E-state index in [4.69, 9.17) is 19.6 Å². The average Bonchev–Trinajstić information content (AvgIpc) is 3.26. The van der Waals surface area contributed by atoms with Gasteiger partial charge in [0.2, 0.25) is 0 Å². The first kappa shape index (κ1) is 26.2. The quantitative estimate of drug-likeness (QED) is 0.220. The van der Waals surface area contributed by atoms with E-state index < -0.39 is 29.2 Å². The molecule has 12 heteroatoms. The Kier molecular flexibility index (Phi) is 6.10. The molecule has 0 spiro atoms. The SMILES string of the molecule is CCc1c2c(nc3ccc(OC(C)(C)C(=O)NNC(=O)O)cc13)-c1cc3c(c(=O)n1C2)COC(=O)[C@]3(O)CC. The number of pyridine rings is 2. The van der Waals surface area contributed by atoms with Crippen LogP contribution in [-0.2, 0) is 39.5 Å². The Hall–Kier alpha value is -4.45. The molecule has 0 saturated carbocycles. The van der Waals surface area contributed by atoms with Crippen LogP contribution >= 0.6 is 0 Å². The van der Waals surface area contributed by atoms with Crippen molar-refractivity contribution < 1.29 is 34.1 Å². The summed E-state index contributed by atoms with van der Waals surface area (Å²) in [6.07, 6.45) is -0.735. The van der Waals surface area contributed by atoms with Gasteiger partial charge in [0.05, 0.1) is 29.0 Å². The van der Waals surface area contributed by atoms with Gasteiger partial charge in [0.25, 0.3) is 11.5 Å². The molecule has 2 aliphatic heterocycles. The number of amides is 2. The minimum atomic E-state index is -1.90. The Balaban J connectivity index is 1.59. The summed E-state index contributed by atoms with van der Waals surface area (Å²) in [4.78, 5) is 53.9. The summed E-state index contributed by atoms with van der Waals surface area (Å²) in [5, 5.41) is 20.6. The molecule has 0 radical (unpaired) electrons. The number of carboxylic acid groups (broad SMARTS) is 1. The van der Waals surface area contributed by atoms with Crippen LogP contribution < -0.4 is 21.1 Å². The average molecular weight is 537 g/mol. The maximum Gasteiger partial charge on any atom is 0.423 e. The highest BCUT2D eigenvalue weighted by Crippen LogP contribution is 2.41. The maximum atomic E-state index is 13.5. The molecule has 5 rings (SSSR count). The number of cyclic esters (lactones) is 1. The minimum absolute atomic E-state index is 0.0590. The number of hydrogen-bond donors (Lipinski definition) is 4. The molecular formula is C27H28N4O8. The number of nitrogens with zero attached hydrogens (tertiary/aromatic N) is 2. The summed E-state index contributed by atoms with van der Waals surface area (Å²) < 4.78 is 12.6. The third-order valence-corrected chi connectivity index (χ3v) is 7.33. The zero-order chi connectivity index (χ0) is 28.3. The molecule has 0 fully saturated rings. The second-order valence-electron chi connectivity index (χ2n) is 10.0. The molecule has 4 N–H and O–H groups in total. The van der Waals surface area contributed by atoms with Crippen molar-refractivity contribution in [2.75, 3.05) is 0 Å². The van der Waals surface area contributed by atoms with Crippen molar-refractivity contribution in [2.45, 2.75) is 64.9 Å². The monoisotopic (exact) mass is 536 g/mol. The predicted octanol–water partition coefficient (Wildman–Crippen LogP) is 2.10. The van der Waals surface area contributed by atoms with Crippen LogP contribution in [-0.4, -0.2) is 43.3 Å². The van der Waals surface area contributed by atoms with Crippen LogP contribution in [0, 0.1) is 0 Å². The number of carbonyl (C=O) groups is 3. The maximum absolute atomic E-state index is 13.5. The second kappa shape index (κ2) is 9.09. The molecule has 4 heterocycles. The van der Waals surface area contributed by atoms with Crippen LogP contribution in [0.4, 0.5) is 4.79 Å². The van der Waals surface area contributed by atoms with Crippen molar-refractivity contribution in [3.63, 3.8) is 0 Å². The van der Waals surface area contributed by atoms with Gasteiger partial charge in [-0.3, -0.25) is 15.0 Å². The number of aliphatic hydroxyl groups is 1. The number of benzene rings is 1. The highest BCUT2D eigenvalue weighted by molar-refractivity contribution is 5.90. The summed E-state index contributed by atoms with van der Waals surface area (Å²) >= 11 is 0. The van der Waals surface area contributed by atoms with Gasteiger partial charge in [-0.05, 0) is 56.5 Å². The molecule has 204 valence electrons. The highest BCUT2D eigenvalue weighted by atomic mass is 16.6. The summed E-state index contributed by atoms with van der Waals surface area (Å²) in [6.45, 7) is 6.72. The largest absolute Gasteiger partial charge is 0.478 e. The van der Waals surface area contributed by atoms with Gasteiger partial charge in [-0.15, -0.1) is 0 Å². The lowest BCUT2D eigenvalue weighted by Gasteiger charge is -2.31. The highest BCUT2D eigenvalue weighted by Gasteiger charge is 2.45. The van der Waals surface area contributed by atoms with Crippen molar-refractivity contribution in [3.05, 3.63) is 56.9 Å². The fourth-order valence-corrected chi connectivity index (χ4v) is 5.21. The number of hydrogen-bond acceptors (Lipinski definition) is 8. The lowest BCUT2D eigenvalue weighted by atomic mass is 9.86. The first-order chi connectivity index (χ1) is 18.4. The molecule has 3 aromatic rings. The summed E-state index contributed by atoms with van der Waals surface area (Å²) in [5.74, 6) is -1.08. The lowest BCUT2D eigenvalue weighted by molar-refractivity contribution is -0.172. The van der Waals surface area contributed by atoms with Gasteiger partial charge >= 0.3 is 12.1 Å². The Morgan fingerprint density at radius 2 is 1.92 bits per heavy atom. The number of rotatable bonds is 5. The van der Waals surface area contributed by atoms with Gasteiger partial charge in [-0.25, -0.2) is 20.0 Å². The summed E-state index contributed by atoms with van der Waals surface area (Å²) in [7, 11) is 0. The second-order valence-corrected chi connectivity index (χ2v) is 10.0. The first-order valence-corrected chi connectivity index (χ1v) is 12.5. The lowest BCUT2D eigenvalue weighted by Crippen LogP contribution is -2.52. The van der Waals surface area contributed by atoms with E-state index >= 15 is 0 Å². The van der Waals surface area contributed by atoms with E-state index in [-0.39, 0.29) is 36.3 Å². The number of esters is 1. The Bertz CT molecular complexity index is 1630. The van der Waals surface area contributed by atoms with Gasteiger partial charge < -0.3 is 24.3 Å². The van der Waals surface area contributed by atoms with Crippen molar-refractivity contribution in [2.24, 2.45) is 0 Å². The van der Waals surface area contributed by atoms with Crippen LogP contribution in [0.3, 0.4) is 0 Å². The molecule has 0 bridgehead atoms. The van der Waals surface area contributed by atoms with Crippen molar-refractivity contribution >= 4 is 28.9 Å². The first-order valence-electron chi connectivity index (χ1n) is 12.5.